The molecule has 1 spiro atoms. The van der Waals surface area contributed by atoms with E-state index in [1.54, 1.807) is 0 Å². The summed E-state index contributed by atoms with van der Waals surface area (Å²) >= 11 is 0. The molecule has 0 bridgehead atoms. The van der Waals surface area contributed by atoms with Gasteiger partial charge in [-0.1, -0.05) is 19.8 Å². The van der Waals surface area contributed by atoms with Gasteiger partial charge in [-0.15, -0.1) is 0 Å². The second-order valence-corrected chi connectivity index (χ2v) is 6.06. The molecular weight excluding hydrogens is 226 g/mol. The van der Waals surface area contributed by atoms with Gasteiger partial charge in [0.1, 0.15) is 0 Å². The van der Waals surface area contributed by atoms with Gasteiger partial charge in [0.2, 0.25) is 0 Å². The minimum Gasteiger partial charge on any atom is -0.348 e. The smallest absolute Gasteiger partial charge is 0.168 e. The van der Waals surface area contributed by atoms with Gasteiger partial charge in [-0.25, -0.2) is 0 Å². The fourth-order valence-electron chi connectivity index (χ4n) is 3.51. The summed E-state index contributed by atoms with van der Waals surface area (Å²) in [6, 6.07) is 0. The molecule has 1 saturated carbocycles. The lowest BCUT2D eigenvalue weighted by Crippen LogP contribution is -2.41. The van der Waals surface area contributed by atoms with Crippen molar-refractivity contribution >= 4 is 0 Å². The van der Waals surface area contributed by atoms with Gasteiger partial charge < -0.3 is 14.8 Å². The molecule has 2 fully saturated rings. The molecule has 3 nitrogen and oxygen atoms in total. The maximum atomic E-state index is 5.85. The lowest BCUT2D eigenvalue weighted by atomic mass is 9.67. The molecule has 3 heteroatoms. The van der Waals surface area contributed by atoms with E-state index in [9.17, 15) is 0 Å². The molecule has 0 atom stereocenters. The predicted octanol–water partition coefficient (Wildman–Crippen LogP) is 3.09. The van der Waals surface area contributed by atoms with Gasteiger partial charge in [-0.3, -0.25) is 0 Å². The first-order valence-corrected chi connectivity index (χ1v) is 7.67. The van der Waals surface area contributed by atoms with E-state index in [0.717, 1.165) is 32.6 Å². The number of unbranched alkanes of at least 4 members (excludes halogenated alkanes) is 1. The standard InChI is InChI=1S/C15H29NO2/c1-3-4-5-14(10-11-16-2)6-8-15(9-7-14)17-12-13-18-15/h16H,3-13H2,1-2H3. The van der Waals surface area contributed by atoms with Crippen LogP contribution in [0.15, 0.2) is 0 Å². The Balaban J connectivity index is 1.90. The molecule has 1 aliphatic carbocycles. The zero-order chi connectivity index (χ0) is 12.9. The molecule has 106 valence electrons. The highest BCUT2D eigenvalue weighted by molar-refractivity contribution is 4.91. The molecule has 0 unspecified atom stereocenters. The summed E-state index contributed by atoms with van der Waals surface area (Å²) in [5, 5.41) is 3.31. The fraction of sp³-hybridized carbons (Fsp3) is 1.00. The summed E-state index contributed by atoms with van der Waals surface area (Å²) in [5.74, 6) is -0.199. The molecule has 18 heavy (non-hydrogen) atoms. The first kappa shape index (κ1) is 14.3. The number of hydrogen-bond acceptors (Lipinski definition) is 3. The van der Waals surface area contributed by atoms with Crippen molar-refractivity contribution in [1.82, 2.24) is 5.32 Å². The van der Waals surface area contributed by atoms with Gasteiger partial charge in [-0.2, -0.15) is 0 Å². The summed E-state index contributed by atoms with van der Waals surface area (Å²) in [7, 11) is 2.06. The predicted molar refractivity (Wildman–Crippen MR) is 73.6 cm³/mol. The van der Waals surface area contributed by atoms with Crippen molar-refractivity contribution in [1.29, 1.82) is 0 Å². The monoisotopic (exact) mass is 255 g/mol. The van der Waals surface area contributed by atoms with Crippen LogP contribution >= 0.6 is 0 Å². The van der Waals surface area contributed by atoms with E-state index in [0.29, 0.717) is 5.41 Å². The Labute approximate surface area is 112 Å². The third-order valence-corrected chi connectivity index (χ3v) is 4.85. The van der Waals surface area contributed by atoms with Gasteiger partial charge in [-0.05, 0) is 44.7 Å². The number of ether oxygens (including phenoxy) is 2. The van der Waals surface area contributed by atoms with E-state index < -0.39 is 0 Å². The Bertz CT molecular complexity index is 229. The average molecular weight is 255 g/mol. The molecular formula is C15H29NO2. The number of nitrogens with one attached hydrogen (secondary N) is 1. The quantitative estimate of drug-likeness (QED) is 0.791. The zero-order valence-electron chi connectivity index (χ0n) is 12.1. The molecule has 2 rings (SSSR count). The van der Waals surface area contributed by atoms with Crippen molar-refractivity contribution in [2.45, 2.75) is 64.1 Å². The molecule has 0 aromatic heterocycles. The van der Waals surface area contributed by atoms with Gasteiger partial charge in [0.05, 0.1) is 13.2 Å². The van der Waals surface area contributed by atoms with Gasteiger partial charge in [0.25, 0.3) is 0 Å². The lowest BCUT2D eigenvalue weighted by Gasteiger charge is -2.44. The van der Waals surface area contributed by atoms with E-state index >= 15 is 0 Å². The Hall–Kier alpha value is -0.120. The third-order valence-electron chi connectivity index (χ3n) is 4.85. The Morgan fingerprint density at radius 1 is 1.00 bits per heavy atom. The molecule has 0 amide bonds. The van der Waals surface area contributed by atoms with Crippen LogP contribution in [0.25, 0.3) is 0 Å². The van der Waals surface area contributed by atoms with Crippen LogP contribution < -0.4 is 5.32 Å². The van der Waals surface area contributed by atoms with E-state index in [1.807, 2.05) is 0 Å². The summed E-state index contributed by atoms with van der Waals surface area (Å²) in [5.41, 5.74) is 0.541. The van der Waals surface area contributed by atoms with E-state index in [1.165, 1.54) is 38.5 Å². The maximum Gasteiger partial charge on any atom is 0.168 e. The number of rotatable bonds is 6. The van der Waals surface area contributed by atoms with Crippen LogP contribution in [0.5, 0.6) is 0 Å². The van der Waals surface area contributed by atoms with E-state index in [-0.39, 0.29) is 5.79 Å². The van der Waals surface area contributed by atoms with Crippen molar-refractivity contribution in [2.75, 3.05) is 26.8 Å². The third kappa shape index (κ3) is 3.25. The van der Waals surface area contributed by atoms with Crippen molar-refractivity contribution in [2.24, 2.45) is 5.41 Å². The number of hydrogen-bond donors (Lipinski definition) is 1. The van der Waals surface area contributed by atoms with Crippen LogP contribution in [0.2, 0.25) is 0 Å². The summed E-state index contributed by atoms with van der Waals surface area (Å²) < 4.78 is 11.7. The normalized spacial score (nSPS) is 25.7. The molecule has 0 aromatic rings. The summed E-state index contributed by atoms with van der Waals surface area (Å²) in [6.07, 6.45) is 10.1. The SMILES string of the molecule is CCCCC1(CCNC)CCC2(CC1)OCCO2. The topological polar surface area (TPSA) is 30.5 Å². The maximum absolute atomic E-state index is 5.85. The lowest BCUT2D eigenvalue weighted by molar-refractivity contribution is -0.193. The van der Waals surface area contributed by atoms with Crippen LogP contribution in [0, 0.1) is 5.41 Å². The first-order valence-electron chi connectivity index (χ1n) is 7.67. The van der Waals surface area contributed by atoms with Crippen LogP contribution in [0.4, 0.5) is 0 Å². The Kier molecular flexibility index (Phi) is 5.05. The second kappa shape index (κ2) is 6.36. The van der Waals surface area contributed by atoms with E-state index in [2.05, 4.69) is 19.3 Å². The van der Waals surface area contributed by atoms with Crippen LogP contribution in [-0.2, 0) is 9.47 Å². The van der Waals surface area contributed by atoms with Crippen LogP contribution in [0.1, 0.15) is 58.3 Å². The van der Waals surface area contributed by atoms with Crippen molar-refractivity contribution < 1.29 is 9.47 Å². The fourth-order valence-corrected chi connectivity index (χ4v) is 3.51. The molecule has 1 N–H and O–H groups in total. The Morgan fingerprint density at radius 3 is 2.22 bits per heavy atom. The van der Waals surface area contributed by atoms with Crippen molar-refractivity contribution in [3.63, 3.8) is 0 Å². The summed E-state index contributed by atoms with van der Waals surface area (Å²) in [4.78, 5) is 0. The summed E-state index contributed by atoms with van der Waals surface area (Å²) in [6.45, 7) is 5.01. The van der Waals surface area contributed by atoms with E-state index in [4.69, 9.17) is 9.47 Å². The molecule has 1 heterocycles. The van der Waals surface area contributed by atoms with Crippen LogP contribution in [0.3, 0.4) is 0 Å². The van der Waals surface area contributed by atoms with Gasteiger partial charge in [0, 0.05) is 12.8 Å². The first-order chi connectivity index (χ1) is 8.74. The zero-order valence-corrected chi connectivity index (χ0v) is 12.1. The van der Waals surface area contributed by atoms with Crippen molar-refractivity contribution in [3.8, 4) is 0 Å². The largest absolute Gasteiger partial charge is 0.348 e. The average Bonchev–Trinajstić information content (AvgIpc) is 2.86. The highest BCUT2D eigenvalue weighted by atomic mass is 16.7. The Morgan fingerprint density at radius 2 is 1.67 bits per heavy atom. The van der Waals surface area contributed by atoms with Gasteiger partial charge >= 0.3 is 0 Å². The van der Waals surface area contributed by atoms with Crippen molar-refractivity contribution in [3.05, 3.63) is 0 Å². The highest BCUT2D eigenvalue weighted by Crippen LogP contribution is 2.49. The minimum absolute atomic E-state index is 0.199. The molecule has 1 aliphatic heterocycles. The molecule has 0 radical (unpaired) electrons. The molecule has 0 aromatic carbocycles. The highest BCUT2D eigenvalue weighted by Gasteiger charge is 2.45. The minimum atomic E-state index is -0.199. The second-order valence-electron chi connectivity index (χ2n) is 6.06. The molecule has 2 aliphatic rings. The van der Waals surface area contributed by atoms with Gasteiger partial charge in [0.15, 0.2) is 5.79 Å². The molecule has 1 saturated heterocycles. The van der Waals surface area contributed by atoms with Crippen LogP contribution in [-0.4, -0.2) is 32.6 Å².